The lowest BCUT2D eigenvalue weighted by molar-refractivity contribution is -0.384. The highest BCUT2D eigenvalue weighted by molar-refractivity contribution is 6.39. The normalized spacial score (nSPS) is 13.6. The van der Waals surface area contributed by atoms with Crippen molar-refractivity contribution >= 4 is 29.1 Å². The summed E-state index contributed by atoms with van der Waals surface area (Å²) in [5.41, 5.74) is 0.660. The highest BCUT2D eigenvalue weighted by atomic mass is 16.6. The molecule has 1 saturated heterocycles. The van der Waals surface area contributed by atoms with Gasteiger partial charge in [-0.3, -0.25) is 24.5 Å². The van der Waals surface area contributed by atoms with E-state index in [0.29, 0.717) is 24.9 Å². The molecule has 1 fully saturated rings. The van der Waals surface area contributed by atoms with Crippen molar-refractivity contribution in [3.63, 3.8) is 0 Å². The zero-order valence-electron chi connectivity index (χ0n) is 13.9. The Kier molecular flexibility index (Phi) is 6.04. The van der Waals surface area contributed by atoms with Crippen LogP contribution in [-0.4, -0.2) is 47.2 Å². The topological polar surface area (TPSA) is 122 Å². The van der Waals surface area contributed by atoms with Crippen molar-refractivity contribution in [2.24, 2.45) is 0 Å². The maximum atomic E-state index is 11.9. The van der Waals surface area contributed by atoms with Gasteiger partial charge in [0.25, 0.3) is 5.69 Å². The van der Waals surface area contributed by atoms with Crippen molar-refractivity contribution in [2.45, 2.75) is 26.2 Å². The second kappa shape index (κ2) is 8.22. The van der Waals surface area contributed by atoms with Crippen LogP contribution in [0.5, 0.6) is 0 Å². The Hall–Kier alpha value is -2.97. The second-order valence-electron chi connectivity index (χ2n) is 5.80. The van der Waals surface area contributed by atoms with Crippen molar-refractivity contribution < 1.29 is 19.3 Å². The molecule has 1 aromatic carbocycles. The van der Waals surface area contributed by atoms with Gasteiger partial charge in [-0.2, -0.15) is 0 Å². The van der Waals surface area contributed by atoms with Gasteiger partial charge in [-0.1, -0.05) is 6.07 Å². The lowest BCUT2D eigenvalue weighted by Gasteiger charge is -2.15. The molecule has 0 unspecified atom stereocenters. The standard InChI is InChI=1S/C16H20N4O5/c1-11-5-6-12(20(24)25)10-13(11)18-16(23)15(22)17-7-3-9-19-8-2-4-14(19)21/h5-6,10H,2-4,7-9H2,1H3,(H,17,22)(H,18,23). The Morgan fingerprint density at radius 1 is 1.32 bits per heavy atom. The largest absolute Gasteiger partial charge is 0.348 e. The zero-order chi connectivity index (χ0) is 18.4. The summed E-state index contributed by atoms with van der Waals surface area (Å²) in [6, 6.07) is 4.03. The van der Waals surface area contributed by atoms with Gasteiger partial charge in [0, 0.05) is 38.2 Å². The number of nitrogens with one attached hydrogen (secondary N) is 2. The number of amides is 3. The molecule has 0 bridgehead atoms. The fourth-order valence-electron chi connectivity index (χ4n) is 2.53. The molecular formula is C16H20N4O5. The van der Waals surface area contributed by atoms with Crippen molar-refractivity contribution in [2.75, 3.05) is 25.0 Å². The average Bonchev–Trinajstić information content (AvgIpc) is 2.98. The average molecular weight is 348 g/mol. The summed E-state index contributed by atoms with van der Waals surface area (Å²) in [5, 5.41) is 15.6. The molecule has 2 rings (SSSR count). The number of aryl methyl sites for hydroxylation is 1. The SMILES string of the molecule is Cc1ccc([N+](=O)[O-])cc1NC(=O)C(=O)NCCCN1CCCC1=O. The molecule has 3 amide bonds. The Balaban J connectivity index is 1.80. The number of carbonyl (C=O) groups is 3. The summed E-state index contributed by atoms with van der Waals surface area (Å²) in [4.78, 5) is 47.1. The predicted octanol–water partition coefficient (Wildman–Crippen LogP) is 0.970. The quantitative estimate of drug-likeness (QED) is 0.343. The summed E-state index contributed by atoms with van der Waals surface area (Å²) < 4.78 is 0. The lowest BCUT2D eigenvalue weighted by atomic mass is 10.2. The summed E-state index contributed by atoms with van der Waals surface area (Å²) in [6.07, 6.45) is 1.98. The monoisotopic (exact) mass is 348 g/mol. The summed E-state index contributed by atoms with van der Waals surface area (Å²) in [6.45, 7) is 3.22. The first-order valence-electron chi connectivity index (χ1n) is 8.00. The maximum Gasteiger partial charge on any atom is 0.313 e. The fourth-order valence-corrected chi connectivity index (χ4v) is 2.53. The molecule has 0 atom stereocenters. The Labute approximate surface area is 144 Å². The smallest absolute Gasteiger partial charge is 0.313 e. The summed E-state index contributed by atoms with van der Waals surface area (Å²) in [7, 11) is 0. The number of hydrogen-bond acceptors (Lipinski definition) is 5. The fraction of sp³-hybridized carbons (Fsp3) is 0.438. The first kappa shape index (κ1) is 18.4. The molecule has 1 aromatic rings. The highest BCUT2D eigenvalue weighted by Gasteiger charge is 2.20. The number of nitrogens with zero attached hydrogens (tertiary/aromatic N) is 2. The van der Waals surface area contributed by atoms with Crippen molar-refractivity contribution in [1.29, 1.82) is 0 Å². The van der Waals surface area contributed by atoms with E-state index in [1.165, 1.54) is 18.2 Å². The van der Waals surface area contributed by atoms with Gasteiger partial charge < -0.3 is 15.5 Å². The number of nitro benzene ring substituents is 1. The first-order valence-corrected chi connectivity index (χ1v) is 8.00. The van der Waals surface area contributed by atoms with Gasteiger partial charge in [0.15, 0.2) is 0 Å². The zero-order valence-corrected chi connectivity index (χ0v) is 13.9. The first-order chi connectivity index (χ1) is 11.9. The number of benzene rings is 1. The molecule has 9 nitrogen and oxygen atoms in total. The molecule has 0 radical (unpaired) electrons. The molecule has 1 aliphatic rings. The van der Waals surface area contributed by atoms with Gasteiger partial charge in [-0.25, -0.2) is 0 Å². The highest BCUT2D eigenvalue weighted by Crippen LogP contribution is 2.21. The van der Waals surface area contributed by atoms with Crippen LogP contribution in [0, 0.1) is 17.0 Å². The predicted molar refractivity (Wildman–Crippen MR) is 89.9 cm³/mol. The lowest BCUT2D eigenvalue weighted by Crippen LogP contribution is -2.37. The van der Waals surface area contributed by atoms with Crippen LogP contribution < -0.4 is 10.6 Å². The van der Waals surface area contributed by atoms with E-state index in [1.807, 2.05) is 0 Å². The van der Waals surface area contributed by atoms with Gasteiger partial charge in [0.2, 0.25) is 5.91 Å². The number of carbonyl (C=O) groups excluding carboxylic acids is 3. The second-order valence-corrected chi connectivity index (χ2v) is 5.80. The van der Waals surface area contributed by atoms with Gasteiger partial charge in [-0.15, -0.1) is 0 Å². The van der Waals surface area contributed by atoms with Crippen LogP contribution in [0.4, 0.5) is 11.4 Å². The summed E-state index contributed by atoms with van der Waals surface area (Å²) in [5.74, 6) is -1.59. The molecular weight excluding hydrogens is 328 g/mol. The molecule has 2 N–H and O–H groups in total. The third-order valence-electron chi connectivity index (χ3n) is 3.95. The minimum Gasteiger partial charge on any atom is -0.348 e. The van der Waals surface area contributed by atoms with Crippen LogP contribution in [0.15, 0.2) is 18.2 Å². The van der Waals surface area contributed by atoms with E-state index in [-0.39, 0.29) is 23.8 Å². The summed E-state index contributed by atoms with van der Waals surface area (Å²) >= 11 is 0. The molecule has 134 valence electrons. The number of anilines is 1. The van der Waals surface area contributed by atoms with Crippen LogP contribution in [0.25, 0.3) is 0 Å². The molecule has 25 heavy (non-hydrogen) atoms. The van der Waals surface area contributed by atoms with Gasteiger partial charge >= 0.3 is 11.8 Å². The van der Waals surface area contributed by atoms with Gasteiger partial charge in [0.1, 0.15) is 0 Å². The number of non-ortho nitro benzene ring substituents is 1. The molecule has 1 heterocycles. The van der Waals surface area contributed by atoms with Gasteiger partial charge in [-0.05, 0) is 25.3 Å². The van der Waals surface area contributed by atoms with Crippen molar-refractivity contribution in [3.05, 3.63) is 33.9 Å². The number of nitro groups is 1. The third-order valence-corrected chi connectivity index (χ3v) is 3.95. The molecule has 0 saturated carbocycles. The van der Waals surface area contributed by atoms with Crippen molar-refractivity contribution in [3.8, 4) is 0 Å². The molecule has 0 spiro atoms. The molecule has 1 aliphatic heterocycles. The van der Waals surface area contributed by atoms with E-state index >= 15 is 0 Å². The van der Waals surface area contributed by atoms with Crippen LogP contribution in [0.2, 0.25) is 0 Å². The number of hydrogen-bond donors (Lipinski definition) is 2. The van der Waals surface area contributed by atoms with Crippen LogP contribution in [0.3, 0.4) is 0 Å². The maximum absolute atomic E-state index is 11.9. The van der Waals surface area contributed by atoms with E-state index in [2.05, 4.69) is 10.6 Å². The van der Waals surface area contributed by atoms with E-state index in [1.54, 1.807) is 11.8 Å². The molecule has 0 aromatic heterocycles. The Morgan fingerprint density at radius 3 is 2.72 bits per heavy atom. The minimum absolute atomic E-state index is 0.116. The van der Waals surface area contributed by atoms with Crippen LogP contribution >= 0.6 is 0 Å². The van der Waals surface area contributed by atoms with E-state index < -0.39 is 16.7 Å². The van der Waals surface area contributed by atoms with E-state index in [9.17, 15) is 24.5 Å². The Bertz CT molecular complexity index is 704. The molecule has 9 heteroatoms. The third kappa shape index (κ3) is 5.00. The van der Waals surface area contributed by atoms with Crippen molar-refractivity contribution in [1.82, 2.24) is 10.2 Å². The number of rotatable bonds is 6. The Morgan fingerprint density at radius 2 is 2.08 bits per heavy atom. The molecule has 0 aliphatic carbocycles. The van der Waals surface area contributed by atoms with Crippen LogP contribution in [-0.2, 0) is 14.4 Å². The number of likely N-dealkylation sites (tertiary alicyclic amines) is 1. The van der Waals surface area contributed by atoms with Crippen LogP contribution in [0.1, 0.15) is 24.8 Å². The van der Waals surface area contributed by atoms with Gasteiger partial charge in [0.05, 0.1) is 10.6 Å². The minimum atomic E-state index is -0.888. The van der Waals surface area contributed by atoms with E-state index in [4.69, 9.17) is 0 Å². The van der Waals surface area contributed by atoms with E-state index in [0.717, 1.165) is 13.0 Å².